The van der Waals surface area contributed by atoms with E-state index >= 15 is 0 Å². The molecular weight excluding hydrogens is 256 g/mol. The number of fused-ring (bicyclic) bond motifs is 1. The van der Waals surface area contributed by atoms with Gasteiger partial charge in [0.05, 0.1) is 19.7 Å². The maximum absolute atomic E-state index is 11.6. The molecule has 94 valence electrons. The molecule has 2 rings (SSSR count). The Balaban J connectivity index is 2.54. The van der Waals surface area contributed by atoms with E-state index < -0.39 is 12.2 Å². The number of carbonyl (C=O) groups is 2. The number of aromatic nitrogens is 1. The minimum atomic E-state index is -0.809. The van der Waals surface area contributed by atoms with Gasteiger partial charge in [0.15, 0.2) is 0 Å². The summed E-state index contributed by atoms with van der Waals surface area (Å²) in [6.07, 6.45) is -1.62. The summed E-state index contributed by atoms with van der Waals surface area (Å²) in [6.45, 7) is 0. The Morgan fingerprint density at radius 1 is 1.17 bits per heavy atom. The topological polar surface area (TPSA) is 68.7 Å². The van der Waals surface area contributed by atoms with Crippen molar-refractivity contribution in [2.45, 2.75) is 0 Å². The predicted molar refractivity (Wildman–Crippen MR) is 66.9 cm³/mol. The fourth-order valence-electron chi connectivity index (χ4n) is 1.46. The molecule has 0 bridgehead atoms. The van der Waals surface area contributed by atoms with Gasteiger partial charge >= 0.3 is 12.2 Å². The van der Waals surface area contributed by atoms with Crippen LogP contribution in [0, 0.1) is 0 Å². The third-order valence-corrected chi connectivity index (χ3v) is 3.15. The molecule has 0 fully saturated rings. The van der Waals surface area contributed by atoms with E-state index in [2.05, 4.69) is 13.8 Å². The van der Waals surface area contributed by atoms with E-state index in [4.69, 9.17) is 0 Å². The van der Waals surface area contributed by atoms with Gasteiger partial charge in [0.25, 0.3) is 0 Å². The highest BCUT2D eigenvalue weighted by Gasteiger charge is 2.28. The number of nitrogens with zero attached hydrogens (tertiary/aromatic N) is 2. The number of ether oxygens (including phenoxy) is 2. The molecule has 0 saturated heterocycles. The molecule has 0 unspecified atom stereocenters. The maximum Gasteiger partial charge on any atom is 0.424 e. The van der Waals surface area contributed by atoms with Gasteiger partial charge in [-0.2, -0.15) is 9.27 Å². The zero-order valence-corrected chi connectivity index (χ0v) is 10.6. The Labute approximate surface area is 107 Å². The van der Waals surface area contributed by atoms with Crippen molar-refractivity contribution in [2.75, 3.05) is 19.1 Å². The summed E-state index contributed by atoms with van der Waals surface area (Å²) in [7, 11) is 2.39. The van der Waals surface area contributed by atoms with Crippen LogP contribution in [0.2, 0.25) is 0 Å². The second kappa shape index (κ2) is 5.01. The molecule has 6 nitrogen and oxygen atoms in total. The minimum absolute atomic E-state index is 0.379. The number of hydrogen-bond acceptors (Lipinski definition) is 6. The molecule has 1 heterocycles. The summed E-state index contributed by atoms with van der Waals surface area (Å²) in [6, 6.07) is 7.19. The monoisotopic (exact) mass is 266 g/mol. The number of methoxy groups -OCH3 is 2. The van der Waals surface area contributed by atoms with E-state index in [0.29, 0.717) is 15.9 Å². The Kier molecular flexibility index (Phi) is 3.42. The van der Waals surface area contributed by atoms with Crippen LogP contribution in [0.4, 0.5) is 14.6 Å². The predicted octanol–water partition coefficient (Wildman–Crippen LogP) is 2.64. The van der Waals surface area contributed by atoms with E-state index in [9.17, 15) is 9.59 Å². The first kappa shape index (κ1) is 12.3. The minimum Gasteiger partial charge on any atom is -0.452 e. The Morgan fingerprint density at radius 3 is 2.39 bits per heavy atom. The highest BCUT2D eigenvalue weighted by atomic mass is 32.1. The third kappa shape index (κ3) is 2.00. The SMILES string of the molecule is COC(=O)N(C(=O)OC)c1snc2ccccc12. The molecule has 0 aliphatic heterocycles. The zero-order chi connectivity index (χ0) is 13.1. The molecule has 0 aliphatic rings. The third-order valence-electron chi connectivity index (χ3n) is 2.28. The van der Waals surface area contributed by atoms with Crippen molar-refractivity contribution in [1.29, 1.82) is 0 Å². The molecule has 0 N–H and O–H groups in total. The maximum atomic E-state index is 11.6. The number of rotatable bonds is 1. The normalized spacial score (nSPS) is 10.1. The molecule has 1 aromatic heterocycles. The lowest BCUT2D eigenvalue weighted by molar-refractivity contribution is 0.160. The molecule has 2 aromatic rings. The lowest BCUT2D eigenvalue weighted by atomic mass is 10.2. The number of anilines is 1. The van der Waals surface area contributed by atoms with Crippen molar-refractivity contribution < 1.29 is 19.1 Å². The van der Waals surface area contributed by atoms with E-state index in [1.165, 1.54) is 14.2 Å². The quantitative estimate of drug-likeness (QED) is 0.793. The summed E-state index contributed by atoms with van der Waals surface area (Å²) in [5.74, 6) is 0. The average molecular weight is 266 g/mol. The van der Waals surface area contributed by atoms with Crippen LogP contribution in [-0.2, 0) is 9.47 Å². The van der Waals surface area contributed by atoms with Crippen molar-refractivity contribution in [2.24, 2.45) is 0 Å². The molecule has 1 aromatic carbocycles. The second-order valence-electron chi connectivity index (χ2n) is 3.28. The van der Waals surface area contributed by atoms with Gasteiger partial charge in [-0.25, -0.2) is 9.59 Å². The first-order chi connectivity index (χ1) is 8.69. The number of carbonyl (C=O) groups excluding carboxylic acids is 2. The lowest BCUT2D eigenvalue weighted by Crippen LogP contribution is -2.36. The molecule has 7 heteroatoms. The van der Waals surface area contributed by atoms with Crippen LogP contribution in [0.1, 0.15) is 0 Å². The smallest absolute Gasteiger partial charge is 0.424 e. The summed E-state index contributed by atoms with van der Waals surface area (Å²) in [5.41, 5.74) is 0.704. The largest absolute Gasteiger partial charge is 0.452 e. The molecule has 0 aliphatic carbocycles. The Bertz CT molecular complexity index is 579. The second-order valence-corrected chi connectivity index (χ2v) is 4.03. The van der Waals surface area contributed by atoms with Crippen LogP contribution in [-0.4, -0.2) is 30.8 Å². The van der Waals surface area contributed by atoms with Crippen molar-refractivity contribution in [3.63, 3.8) is 0 Å². The van der Waals surface area contributed by atoms with Gasteiger partial charge in [-0.15, -0.1) is 0 Å². The lowest BCUT2D eigenvalue weighted by Gasteiger charge is -2.15. The Morgan fingerprint density at radius 2 is 1.78 bits per heavy atom. The molecule has 0 radical (unpaired) electrons. The van der Waals surface area contributed by atoms with Gasteiger partial charge in [0.1, 0.15) is 5.00 Å². The van der Waals surface area contributed by atoms with Gasteiger partial charge in [0.2, 0.25) is 0 Å². The van der Waals surface area contributed by atoms with Gasteiger partial charge in [-0.3, -0.25) is 0 Å². The molecular formula is C11H10N2O4S. The van der Waals surface area contributed by atoms with Gasteiger partial charge in [-0.05, 0) is 23.7 Å². The standard InChI is InChI=1S/C11H10N2O4S/c1-16-10(14)13(11(15)17-2)9-7-5-3-4-6-8(7)12-18-9/h3-6H,1-2H3. The van der Waals surface area contributed by atoms with Crippen LogP contribution in [0.25, 0.3) is 10.9 Å². The molecule has 0 spiro atoms. The molecule has 18 heavy (non-hydrogen) atoms. The fourth-order valence-corrected chi connectivity index (χ4v) is 2.31. The van der Waals surface area contributed by atoms with Crippen molar-refractivity contribution in [3.8, 4) is 0 Å². The van der Waals surface area contributed by atoms with E-state index in [1.807, 2.05) is 6.07 Å². The molecule has 2 amide bonds. The number of imide groups is 1. The first-order valence-electron chi connectivity index (χ1n) is 4.99. The summed E-state index contributed by atoms with van der Waals surface area (Å²) < 4.78 is 13.3. The Hall–Kier alpha value is -2.15. The first-order valence-corrected chi connectivity index (χ1v) is 5.76. The van der Waals surface area contributed by atoms with Gasteiger partial charge in [-0.1, -0.05) is 12.1 Å². The van der Waals surface area contributed by atoms with Crippen molar-refractivity contribution in [3.05, 3.63) is 24.3 Å². The number of amides is 2. The summed E-state index contributed by atoms with van der Waals surface area (Å²) >= 11 is 1.03. The fraction of sp³-hybridized carbons (Fsp3) is 0.182. The van der Waals surface area contributed by atoms with Crippen molar-refractivity contribution >= 4 is 39.6 Å². The molecule has 0 atom stereocenters. The van der Waals surface area contributed by atoms with Crippen LogP contribution in [0.15, 0.2) is 24.3 Å². The highest BCUT2D eigenvalue weighted by Crippen LogP contribution is 2.31. The summed E-state index contributed by atoms with van der Waals surface area (Å²) in [5, 5.41) is 1.07. The number of benzene rings is 1. The van der Waals surface area contributed by atoms with Gasteiger partial charge < -0.3 is 9.47 Å². The van der Waals surface area contributed by atoms with Crippen molar-refractivity contribution in [1.82, 2.24) is 4.37 Å². The van der Waals surface area contributed by atoms with Crippen LogP contribution >= 0.6 is 11.5 Å². The average Bonchev–Trinajstić information content (AvgIpc) is 2.82. The zero-order valence-electron chi connectivity index (χ0n) is 9.75. The van der Waals surface area contributed by atoms with Crippen LogP contribution < -0.4 is 4.90 Å². The summed E-state index contributed by atoms with van der Waals surface area (Å²) in [4.78, 5) is 24.1. The van der Waals surface area contributed by atoms with E-state index in [-0.39, 0.29) is 0 Å². The molecule has 0 saturated carbocycles. The van der Waals surface area contributed by atoms with Crippen LogP contribution in [0.3, 0.4) is 0 Å². The number of hydrogen-bond donors (Lipinski definition) is 0. The highest BCUT2D eigenvalue weighted by molar-refractivity contribution is 7.12. The van der Waals surface area contributed by atoms with Gasteiger partial charge in [0, 0.05) is 5.39 Å². The van der Waals surface area contributed by atoms with E-state index in [0.717, 1.165) is 16.4 Å². The van der Waals surface area contributed by atoms with E-state index in [1.54, 1.807) is 18.2 Å². The van der Waals surface area contributed by atoms with Crippen LogP contribution in [0.5, 0.6) is 0 Å².